The average molecular weight is 356 g/mol. The molecule has 6 heteroatoms. The summed E-state index contributed by atoms with van der Waals surface area (Å²) in [5, 5.41) is 3.79. The molecular weight excluding hydrogens is 336 g/mol. The first kappa shape index (κ1) is 17.2. The van der Waals surface area contributed by atoms with Crippen molar-refractivity contribution in [2.75, 3.05) is 11.1 Å². The van der Waals surface area contributed by atoms with E-state index < -0.39 is 15.7 Å². The van der Waals surface area contributed by atoms with Crippen LogP contribution in [0.5, 0.6) is 0 Å². The summed E-state index contributed by atoms with van der Waals surface area (Å²) in [6, 6.07) is 13.9. The Morgan fingerprint density at radius 2 is 1.88 bits per heavy atom. The van der Waals surface area contributed by atoms with Gasteiger partial charge in [0.15, 0.2) is 9.84 Å². The Morgan fingerprint density at radius 3 is 2.64 bits per heavy atom. The first-order valence-electron chi connectivity index (χ1n) is 8.13. The van der Waals surface area contributed by atoms with E-state index in [9.17, 15) is 13.2 Å². The fraction of sp³-hybridized carbons (Fsp3) is 0.211. The second-order valence-electron chi connectivity index (χ2n) is 6.02. The first-order chi connectivity index (χ1) is 11.9. The molecule has 0 aliphatic heterocycles. The maximum absolute atomic E-state index is 12.6. The molecule has 3 aromatic rings. The molecule has 0 saturated heterocycles. The van der Waals surface area contributed by atoms with Crippen LogP contribution in [0.15, 0.2) is 53.4 Å². The van der Waals surface area contributed by atoms with Gasteiger partial charge < -0.3 is 10.3 Å². The number of benzene rings is 2. The molecule has 3 rings (SSSR count). The molecule has 1 aromatic heterocycles. The Kier molecular flexibility index (Phi) is 4.63. The SMILES string of the molecule is CCCS(=O)(=O)c1ccccc1C(=O)Nc1ccc2[nH]c(C)cc2c1. The van der Waals surface area contributed by atoms with Crippen molar-refractivity contribution < 1.29 is 13.2 Å². The minimum absolute atomic E-state index is 0.0197. The largest absolute Gasteiger partial charge is 0.359 e. The van der Waals surface area contributed by atoms with E-state index in [0.29, 0.717) is 12.1 Å². The lowest BCUT2D eigenvalue weighted by Gasteiger charge is -2.10. The van der Waals surface area contributed by atoms with Crippen molar-refractivity contribution in [2.24, 2.45) is 0 Å². The van der Waals surface area contributed by atoms with Crippen LogP contribution in [0.25, 0.3) is 10.9 Å². The molecule has 0 atom stereocenters. The Balaban J connectivity index is 1.93. The number of H-pyrrole nitrogens is 1. The van der Waals surface area contributed by atoms with E-state index in [1.165, 1.54) is 12.1 Å². The number of aromatic nitrogens is 1. The fourth-order valence-electron chi connectivity index (χ4n) is 2.86. The van der Waals surface area contributed by atoms with E-state index in [-0.39, 0.29) is 16.2 Å². The zero-order chi connectivity index (χ0) is 18.0. The Bertz CT molecular complexity index is 1040. The van der Waals surface area contributed by atoms with Gasteiger partial charge in [0.1, 0.15) is 0 Å². The lowest BCUT2D eigenvalue weighted by molar-refractivity contribution is 0.102. The van der Waals surface area contributed by atoms with Crippen molar-refractivity contribution in [3.63, 3.8) is 0 Å². The van der Waals surface area contributed by atoms with E-state index in [0.717, 1.165) is 16.6 Å². The Morgan fingerprint density at radius 1 is 1.12 bits per heavy atom. The van der Waals surface area contributed by atoms with Gasteiger partial charge >= 0.3 is 0 Å². The average Bonchev–Trinajstić information content (AvgIpc) is 2.94. The van der Waals surface area contributed by atoms with Crippen LogP contribution in [0.3, 0.4) is 0 Å². The summed E-state index contributed by atoms with van der Waals surface area (Å²) in [6.45, 7) is 3.77. The molecule has 0 bridgehead atoms. The minimum atomic E-state index is -3.48. The van der Waals surface area contributed by atoms with Crippen molar-refractivity contribution in [1.29, 1.82) is 0 Å². The molecule has 0 aliphatic rings. The van der Waals surface area contributed by atoms with Gasteiger partial charge in [-0.25, -0.2) is 8.42 Å². The van der Waals surface area contributed by atoms with Gasteiger partial charge in [-0.05, 0) is 49.7 Å². The van der Waals surface area contributed by atoms with Crippen LogP contribution in [0.4, 0.5) is 5.69 Å². The minimum Gasteiger partial charge on any atom is -0.359 e. The van der Waals surface area contributed by atoms with E-state index in [2.05, 4.69) is 10.3 Å². The summed E-state index contributed by atoms with van der Waals surface area (Å²) in [4.78, 5) is 15.9. The molecule has 0 radical (unpaired) electrons. The second kappa shape index (κ2) is 6.72. The summed E-state index contributed by atoms with van der Waals surface area (Å²) in [7, 11) is -3.48. The molecule has 1 amide bonds. The predicted octanol–water partition coefficient (Wildman–Crippen LogP) is 3.91. The van der Waals surface area contributed by atoms with Gasteiger partial charge in [0.2, 0.25) is 0 Å². The summed E-state index contributed by atoms with van der Waals surface area (Å²) in [6.07, 6.45) is 0.502. The predicted molar refractivity (Wildman–Crippen MR) is 99.8 cm³/mol. The van der Waals surface area contributed by atoms with Gasteiger partial charge in [-0.3, -0.25) is 4.79 Å². The summed E-state index contributed by atoms with van der Waals surface area (Å²) in [5.41, 5.74) is 2.82. The molecule has 130 valence electrons. The van der Waals surface area contributed by atoms with Crippen LogP contribution < -0.4 is 5.32 Å². The Labute approximate surface area is 147 Å². The topological polar surface area (TPSA) is 79.0 Å². The summed E-state index contributed by atoms with van der Waals surface area (Å²) < 4.78 is 24.8. The van der Waals surface area contributed by atoms with Gasteiger partial charge in [-0.15, -0.1) is 0 Å². The van der Waals surface area contributed by atoms with Gasteiger partial charge in [0.25, 0.3) is 5.91 Å². The lowest BCUT2D eigenvalue weighted by Crippen LogP contribution is -2.17. The first-order valence-corrected chi connectivity index (χ1v) is 9.78. The number of anilines is 1. The maximum atomic E-state index is 12.6. The molecule has 25 heavy (non-hydrogen) atoms. The van der Waals surface area contributed by atoms with Crippen LogP contribution in [0.1, 0.15) is 29.4 Å². The van der Waals surface area contributed by atoms with E-state index in [4.69, 9.17) is 0 Å². The number of aryl methyl sites for hydroxylation is 1. The second-order valence-corrected chi connectivity index (χ2v) is 8.10. The number of hydrogen-bond acceptors (Lipinski definition) is 3. The van der Waals surface area contributed by atoms with E-state index in [1.54, 1.807) is 25.1 Å². The molecule has 0 fully saturated rings. The van der Waals surface area contributed by atoms with Gasteiger partial charge in [0.05, 0.1) is 16.2 Å². The normalized spacial score (nSPS) is 11.6. The number of carbonyl (C=O) groups excluding carboxylic acids is 1. The van der Waals surface area contributed by atoms with Crippen LogP contribution >= 0.6 is 0 Å². The quantitative estimate of drug-likeness (QED) is 0.727. The third kappa shape index (κ3) is 3.58. The highest BCUT2D eigenvalue weighted by Crippen LogP contribution is 2.22. The molecular formula is C19H20N2O3S. The van der Waals surface area contributed by atoms with Crippen LogP contribution in [0, 0.1) is 6.92 Å². The van der Waals surface area contributed by atoms with Crippen LogP contribution in [-0.4, -0.2) is 25.1 Å². The molecule has 2 aromatic carbocycles. The highest BCUT2D eigenvalue weighted by atomic mass is 32.2. The van der Waals surface area contributed by atoms with Crippen molar-refractivity contribution in [3.05, 3.63) is 59.8 Å². The maximum Gasteiger partial charge on any atom is 0.256 e. The summed E-state index contributed by atoms with van der Waals surface area (Å²) >= 11 is 0. The van der Waals surface area contributed by atoms with E-state index >= 15 is 0 Å². The number of hydrogen-bond donors (Lipinski definition) is 2. The fourth-order valence-corrected chi connectivity index (χ4v) is 4.40. The number of sulfone groups is 1. The smallest absolute Gasteiger partial charge is 0.256 e. The number of rotatable bonds is 5. The molecule has 0 aliphatic carbocycles. The van der Waals surface area contributed by atoms with Gasteiger partial charge in [-0.1, -0.05) is 19.1 Å². The number of fused-ring (bicyclic) bond motifs is 1. The Hall–Kier alpha value is -2.60. The highest BCUT2D eigenvalue weighted by molar-refractivity contribution is 7.91. The lowest BCUT2D eigenvalue weighted by atomic mass is 10.2. The van der Waals surface area contributed by atoms with Crippen molar-refractivity contribution in [1.82, 2.24) is 4.98 Å². The van der Waals surface area contributed by atoms with Crippen LogP contribution in [0.2, 0.25) is 0 Å². The molecule has 0 saturated carbocycles. The standard InChI is InChI=1S/C19H20N2O3S/c1-3-10-25(23,24)18-7-5-4-6-16(18)19(22)21-15-8-9-17-14(12-15)11-13(2)20-17/h4-9,11-12,20H,3,10H2,1-2H3,(H,21,22). The third-order valence-electron chi connectivity index (χ3n) is 3.95. The monoisotopic (exact) mass is 356 g/mol. The molecule has 5 nitrogen and oxygen atoms in total. The summed E-state index contributed by atoms with van der Waals surface area (Å²) in [5.74, 6) is -0.409. The van der Waals surface area contributed by atoms with Crippen molar-refractivity contribution in [3.8, 4) is 0 Å². The van der Waals surface area contributed by atoms with Crippen molar-refractivity contribution in [2.45, 2.75) is 25.2 Å². The number of amides is 1. The zero-order valence-corrected chi connectivity index (χ0v) is 15.0. The van der Waals surface area contributed by atoms with Crippen molar-refractivity contribution >= 4 is 32.3 Å². The number of nitrogens with one attached hydrogen (secondary N) is 2. The molecule has 0 spiro atoms. The molecule has 1 heterocycles. The molecule has 0 unspecified atom stereocenters. The van der Waals surface area contributed by atoms with E-state index in [1.807, 2.05) is 25.1 Å². The third-order valence-corrected chi connectivity index (χ3v) is 5.92. The zero-order valence-electron chi connectivity index (χ0n) is 14.2. The highest BCUT2D eigenvalue weighted by Gasteiger charge is 2.21. The molecule has 2 N–H and O–H groups in total. The number of carbonyl (C=O) groups is 1. The number of aromatic amines is 1. The van der Waals surface area contributed by atoms with Gasteiger partial charge in [-0.2, -0.15) is 0 Å². The van der Waals surface area contributed by atoms with Crippen LogP contribution in [-0.2, 0) is 9.84 Å². The van der Waals surface area contributed by atoms with Gasteiger partial charge in [0, 0.05) is 22.3 Å².